The van der Waals surface area contributed by atoms with Crippen molar-refractivity contribution in [2.45, 2.75) is 66.8 Å². The zero-order valence-corrected chi connectivity index (χ0v) is 26.5. The Morgan fingerprint density at radius 3 is 2.67 bits per heavy atom. The number of aryl methyl sites for hydroxylation is 1. The second-order valence-electron chi connectivity index (χ2n) is 12.0. The van der Waals surface area contributed by atoms with Crippen molar-refractivity contribution >= 4 is 40.1 Å². The molecule has 0 radical (unpaired) electrons. The molecular weight excluding hydrogens is 574 g/mol. The molecule has 1 aromatic carbocycles. The maximum atomic E-state index is 13.3. The lowest BCUT2D eigenvalue weighted by molar-refractivity contribution is -0.142. The highest BCUT2D eigenvalue weighted by Gasteiger charge is 2.42. The van der Waals surface area contributed by atoms with Gasteiger partial charge in [-0.2, -0.15) is 0 Å². The first-order valence-electron chi connectivity index (χ1n) is 15.0. The van der Waals surface area contributed by atoms with Crippen LogP contribution in [0.25, 0.3) is 11.0 Å². The van der Waals surface area contributed by atoms with E-state index in [1.807, 2.05) is 37.3 Å². The highest BCUT2D eigenvalue weighted by atomic mass is 16.5. The molecule has 2 amide bonds. The van der Waals surface area contributed by atoms with Gasteiger partial charge in [-0.1, -0.05) is 19.1 Å². The summed E-state index contributed by atoms with van der Waals surface area (Å²) in [6, 6.07) is 13.0. The molecule has 5 rings (SSSR count). The van der Waals surface area contributed by atoms with Crippen molar-refractivity contribution in [2.24, 2.45) is 5.41 Å². The summed E-state index contributed by atoms with van der Waals surface area (Å²) in [5, 5.41) is 3.45. The van der Waals surface area contributed by atoms with E-state index < -0.39 is 11.4 Å². The van der Waals surface area contributed by atoms with Gasteiger partial charge in [0.15, 0.2) is 0 Å². The quantitative estimate of drug-likeness (QED) is 0.197. The predicted molar refractivity (Wildman–Crippen MR) is 171 cm³/mol. The van der Waals surface area contributed by atoms with Gasteiger partial charge in [-0.05, 0) is 68.7 Å². The molecule has 1 atom stereocenters. The van der Waals surface area contributed by atoms with Crippen LogP contribution in [0.4, 0.5) is 11.4 Å². The summed E-state index contributed by atoms with van der Waals surface area (Å²) in [6.45, 7) is 9.91. The molecule has 0 aliphatic carbocycles. The number of aromatic nitrogens is 2. The number of amides is 2. The molecule has 1 aliphatic rings. The lowest BCUT2D eigenvalue weighted by Crippen LogP contribution is -2.43. The van der Waals surface area contributed by atoms with Crippen LogP contribution < -0.4 is 15.8 Å². The van der Waals surface area contributed by atoms with E-state index in [1.165, 1.54) is 11.8 Å². The summed E-state index contributed by atoms with van der Waals surface area (Å²) in [5.74, 6) is -0.365. The van der Waals surface area contributed by atoms with Crippen LogP contribution in [-0.4, -0.2) is 45.8 Å². The van der Waals surface area contributed by atoms with Crippen LogP contribution in [0.5, 0.6) is 0 Å². The minimum atomic E-state index is -1.22. The molecule has 4 heterocycles. The van der Waals surface area contributed by atoms with Crippen LogP contribution in [0.2, 0.25) is 0 Å². The van der Waals surface area contributed by atoms with Crippen LogP contribution in [0.1, 0.15) is 62.7 Å². The van der Waals surface area contributed by atoms with E-state index in [2.05, 4.69) is 22.1 Å². The van der Waals surface area contributed by atoms with Crippen LogP contribution >= 0.6 is 0 Å². The lowest BCUT2D eigenvalue weighted by Gasteiger charge is -2.33. The van der Waals surface area contributed by atoms with Crippen molar-refractivity contribution < 1.29 is 23.5 Å². The molecule has 0 spiro atoms. The fourth-order valence-corrected chi connectivity index (χ4v) is 5.84. The Kier molecular flexibility index (Phi) is 8.92. The summed E-state index contributed by atoms with van der Waals surface area (Å²) in [6.07, 6.45) is 4.12. The maximum Gasteiger partial charge on any atom is 0.303 e. The number of esters is 1. The van der Waals surface area contributed by atoms with Crippen LogP contribution in [-0.2, 0) is 38.8 Å². The molecule has 1 aliphatic heterocycles. The van der Waals surface area contributed by atoms with Gasteiger partial charge in [-0.3, -0.25) is 29.1 Å². The zero-order chi connectivity index (χ0) is 32.5. The molecule has 3 aromatic heterocycles. The Morgan fingerprint density at radius 1 is 1.16 bits per heavy atom. The van der Waals surface area contributed by atoms with Gasteiger partial charge in [0.1, 0.15) is 23.4 Å². The first-order valence-corrected chi connectivity index (χ1v) is 15.0. The van der Waals surface area contributed by atoms with Gasteiger partial charge in [-0.15, -0.1) is 0 Å². The van der Waals surface area contributed by atoms with Gasteiger partial charge in [0.05, 0.1) is 22.5 Å². The summed E-state index contributed by atoms with van der Waals surface area (Å²) in [4.78, 5) is 59.3. The van der Waals surface area contributed by atoms with Crippen molar-refractivity contribution in [3.63, 3.8) is 0 Å². The predicted octanol–water partition coefficient (Wildman–Crippen LogP) is 4.96. The topological polar surface area (TPSA) is 127 Å². The summed E-state index contributed by atoms with van der Waals surface area (Å²) in [7, 11) is 1.68. The van der Waals surface area contributed by atoms with E-state index >= 15 is 0 Å². The minimum absolute atomic E-state index is 0.0489. The van der Waals surface area contributed by atoms with E-state index in [9.17, 15) is 19.2 Å². The number of fused-ring (bicyclic) bond motifs is 2. The van der Waals surface area contributed by atoms with Gasteiger partial charge >= 0.3 is 5.97 Å². The number of carbonyl (C=O) groups excluding carboxylic acids is 3. The minimum Gasteiger partial charge on any atom is -0.461 e. The Morgan fingerprint density at radius 2 is 1.93 bits per heavy atom. The first-order chi connectivity index (χ1) is 21.4. The molecule has 236 valence electrons. The Balaban J connectivity index is 1.52. The first kappa shape index (κ1) is 31.6. The highest BCUT2D eigenvalue weighted by Crippen LogP contribution is 2.38. The molecule has 11 heteroatoms. The van der Waals surface area contributed by atoms with Crippen molar-refractivity contribution in [2.75, 3.05) is 23.8 Å². The molecule has 0 saturated carbocycles. The number of nitrogens with zero attached hydrogens (tertiary/aromatic N) is 4. The number of carbonyl (C=O) groups is 3. The zero-order valence-electron chi connectivity index (χ0n) is 26.5. The van der Waals surface area contributed by atoms with Crippen LogP contribution in [0, 0.1) is 12.3 Å². The SMILES string of the molecule is CCC(c1ccc2c(c1)N(C)C(=O)C(C)(C)C(=O)N2)N(CCn1ccc2oc(C)cc2c1=O)Cc1cccnc1COC(C)=O. The summed E-state index contributed by atoms with van der Waals surface area (Å²) in [5.41, 5.74) is 2.88. The van der Waals surface area contributed by atoms with Crippen LogP contribution in [0.3, 0.4) is 0 Å². The van der Waals surface area contributed by atoms with E-state index in [0.29, 0.717) is 59.9 Å². The molecule has 0 bridgehead atoms. The van der Waals surface area contributed by atoms with Crippen LogP contribution in [0.15, 0.2) is 64.1 Å². The number of hydrogen-bond donors (Lipinski definition) is 1. The number of hydrogen-bond acceptors (Lipinski definition) is 8. The average molecular weight is 614 g/mol. The molecule has 0 fully saturated rings. The van der Waals surface area contributed by atoms with Gasteiger partial charge in [0, 0.05) is 52.0 Å². The smallest absolute Gasteiger partial charge is 0.303 e. The van der Waals surface area contributed by atoms with Gasteiger partial charge in [0.25, 0.3) is 5.56 Å². The van der Waals surface area contributed by atoms with Gasteiger partial charge in [0.2, 0.25) is 11.8 Å². The third-order valence-electron chi connectivity index (χ3n) is 8.43. The number of nitrogens with one attached hydrogen (secondary N) is 1. The van der Waals surface area contributed by atoms with E-state index in [4.69, 9.17) is 9.15 Å². The maximum absolute atomic E-state index is 13.3. The van der Waals surface area contributed by atoms with E-state index in [0.717, 1.165) is 11.1 Å². The molecule has 11 nitrogen and oxygen atoms in total. The Bertz CT molecular complexity index is 1820. The fraction of sp³-hybridized carbons (Fsp3) is 0.382. The highest BCUT2D eigenvalue weighted by molar-refractivity contribution is 6.19. The number of furan rings is 1. The number of anilines is 2. The third kappa shape index (κ3) is 6.39. The second-order valence-corrected chi connectivity index (χ2v) is 12.0. The summed E-state index contributed by atoms with van der Waals surface area (Å²) < 4.78 is 12.6. The van der Waals surface area contributed by atoms with Gasteiger partial charge < -0.3 is 23.9 Å². The number of pyridine rings is 2. The average Bonchev–Trinajstić information content (AvgIpc) is 3.38. The third-order valence-corrected chi connectivity index (χ3v) is 8.43. The van der Waals surface area contributed by atoms with Gasteiger partial charge in [-0.25, -0.2) is 0 Å². The normalized spacial score (nSPS) is 15.1. The standard InChI is InChI=1S/C34H39N5O6/c1-7-28(23-10-11-26-29(18-23)37(6)33(43)34(4,5)32(42)36-26)39(19-24-9-8-13-35-27(24)20-44-22(3)40)16-15-38-14-12-30-25(31(38)41)17-21(2)45-30/h8-14,17-18,28H,7,15-16,19-20H2,1-6H3,(H,36,42). The van der Waals surface area contributed by atoms with Crippen molar-refractivity contribution in [1.82, 2.24) is 14.5 Å². The Labute approximate surface area is 261 Å². The lowest BCUT2D eigenvalue weighted by atomic mass is 9.91. The van der Waals surface area contributed by atoms with Crippen molar-refractivity contribution in [1.29, 1.82) is 0 Å². The van der Waals surface area contributed by atoms with Crippen molar-refractivity contribution in [3.05, 3.63) is 87.8 Å². The molecule has 1 unspecified atom stereocenters. The summed E-state index contributed by atoms with van der Waals surface area (Å²) >= 11 is 0. The molecular formula is C34H39N5O6. The fourth-order valence-electron chi connectivity index (χ4n) is 5.84. The molecule has 4 aromatic rings. The second kappa shape index (κ2) is 12.7. The van der Waals surface area contributed by atoms with Crippen molar-refractivity contribution in [3.8, 4) is 0 Å². The monoisotopic (exact) mass is 613 g/mol. The Hall–Kier alpha value is -4.77. The largest absolute Gasteiger partial charge is 0.461 e. The van der Waals surface area contributed by atoms with E-state index in [-0.39, 0.29) is 30.0 Å². The molecule has 1 N–H and O–H groups in total. The van der Waals surface area contributed by atoms with E-state index in [1.54, 1.807) is 50.0 Å². The molecule has 45 heavy (non-hydrogen) atoms. The number of benzene rings is 1. The molecule has 0 saturated heterocycles. The number of rotatable bonds is 10. The number of ether oxygens (including phenoxy) is 1.